The van der Waals surface area contributed by atoms with Crippen LogP contribution in [0.25, 0.3) is 5.65 Å². The Morgan fingerprint density at radius 2 is 2.20 bits per heavy atom. The third-order valence-electron chi connectivity index (χ3n) is 3.01. The molecule has 0 unspecified atom stereocenters. The van der Waals surface area contributed by atoms with Crippen LogP contribution in [0.1, 0.15) is 11.1 Å². The van der Waals surface area contributed by atoms with Gasteiger partial charge in [-0.1, -0.05) is 12.1 Å². The van der Waals surface area contributed by atoms with Crippen molar-refractivity contribution < 1.29 is 4.74 Å². The topological polar surface area (TPSA) is 64.3 Å². The maximum atomic E-state index is 5.03. The minimum absolute atomic E-state index is 0.607. The smallest absolute Gasteiger partial charge is 0.243 e. The van der Waals surface area contributed by atoms with E-state index in [2.05, 4.69) is 20.4 Å². The third kappa shape index (κ3) is 2.40. The van der Waals surface area contributed by atoms with Crippen LogP contribution in [0, 0.1) is 6.92 Å². The summed E-state index contributed by atoms with van der Waals surface area (Å²) in [5.74, 6) is 1.21. The summed E-state index contributed by atoms with van der Waals surface area (Å²) in [6.45, 7) is 2.63. The zero-order valence-electron chi connectivity index (χ0n) is 11.4. The molecule has 3 aromatic heterocycles. The molecule has 3 heterocycles. The van der Waals surface area contributed by atoms with Gasteiger partial charge in [0.2, 0.25) is 11.8 Å². The highest BCUT2D eigenvalue weighted by Gasteiger charge is 2.05. The van der Waals surface area contributed by atoms with Gasteiger partial charge in [-0.25, -0.2) is 9.50 Å². The standard InChI is InChI=1S/C14H15N5O/c1-10-4-3-7-19-13(10)17-14(18-19)16-9-11-5-6-12(20-2)15-8-11/h3-8H,9H2,1-2H3,(H,16,18). The van der Waals surface area contributed by atoms with Crippen LogP contribution in [0.5, 0.6) is 5.88 Å². The molecule has 102 valence electrons. The first-order valence-corrected chi connectivity index (χ1v) is 6.31. The third-order valence-corrected chi connectivity index (χ3v) is 3.01. The van der Waals surface area contributed by atoms with Gasteiger partial charge in [0.1, 0.15) is 0 Å². The SMILES string of the molecule is COc1ccc(CNc2nc3c(C)cccn3n2)cn1. The number of ether oxygens (including phenoxy) is 1. The van der Waals surface area contributed by atoms with Gasteiger partial charge in [0, 0.05) is 25.0 Å². The van der Waals surface area contributed by atoms with Crippen LogP contribution in [0.3, 0.4) is 0 Å². The first-order valence-electron chi connectivity index (χ1n) is 6.31. The van der Waals surface area contributed by atoms with Crippen molar-refractivity contribution in [1.29, 1.82) is 0 Å². The summed E-state index contributed by atoms with van der Waals surface area (Å²) in [4.78, 5) is 8.61. The Morgan fingerprint density at radius 1 is 1.30 bits per heavy atom. The summed E-state index contributed by atoms with van der Waals surface area (Å²) in [5, 5.41) is 7.56. The lowest BCUT2D eigenvalue weighted by atomic mass is 10.3. The van der Waals surface area contributed by atoms with Crippen LogP contribution >= 0.6 is 0 Å². The van der Waals surface area contributed by atoms with Crippen molar-refractivity contribution in [2.24, 2.45) is 0 Å². The maximum Gasteiger partial charge on any atom is 0.243 e. The number of methoxy groups -OCH3 is 1. The summed E-state index contributed by atoms with van der Waals surface area (Å²) in [7, 11) is 1.60. The fourth-order valence-corrected chi connectivity index (χ4v) is 1.93. The van der Waals surface area contributed by atoms with Crippen LogP contribution in [0.4, 0.5) is 5.95 Å². The Kier molecular flexibility index (Phi) is 3.20. The number of anilines is 1. The number of hydrogen-bond acceptors (Lipinski definition) is 5. The van der Waals surface area contributed by atoms with E-state index in [9.17, 15) is 0 Å². The van der Waals surface area contributed by atoms with Crippen LogP contribution in [0.2, 0.25) is 0 Å². The van der Waals surface area contributed by atoms with E-state index in [1.54, 1.807) is 17.8 Å². The summed E-state index contributed by atoms with van der Waals surface area (Å²) in [6, 6.07) is 7.76. The van der Waals surface area contributed by atoms with Gasteiger partial charge >= 0.3 is 0 Å². The zero-order valence-corrected chi connectivity index (χ0v) is 11.4. The second-order valence-electron chi connectivity index (χ2n) is 4.46. The molecule has 0 aliphatic heterocycles. The summed E-state index contributed by atoms with van der Waals surface area (Å²) >= 11 is 0. The number of aromatic nitrogens is 4. The molecule has 0 aliphatic rings. The molecule has 0 bridgehead atoms. The fraction of sp³-hybridized carbons (Fsp3) is 0.214. The minimum atomic E-state index is 0.607. The predicted molar refractivity (Wildman–Crippen MR) is 75.8 cm³/mol. The molecule has 0 fully saturated rings. The number of pyridine rings is 2. The monoisotopic (exact) mass is 269 g/mol. The van der Waals surface area contributed by atoms with Gasteiger partial charge in [0.15, 0.2) is 5.65 Å². The first-order chi connectivity index (χ1) is 9.76. The minimum Gasteiger partial charge on any atom is -0.481 e. The van der Waals surface area contributed by atoms with Gasteiger partial charge < -0.3 is 10.1 Å². The highest BCUT2D eigenvalue weighted by atomic mass is 16.5. The molecule has 0 aromatic carbocycles. The van der Waals surface area contributed by atoms with Crippen LogP contribution in [0.15, 0.2) is 36.7 Å². The number of rotatable bonds is 4. The first kappa shape index (κ1) is 12.4. The van der Waals surface area contributed by atoms with Crippen LogP contribution < -0.4 is 10.1 Å². The molecule has 3 rings (SSSR count). The highest BCUT2D eigenvalue weighted by Crippen LogP contribution is 2.11. The average molecular weight is 269 g/mol. The molecule has 0 radical (unpaired) electrons. The van der Waals surface area contributed by atoms with E-state index < -0.39 is 0 Å². The second-order valence-corrected chi connectivity index (χ2v) is 4.46. The molecule has 0 saturated heterocycles. The van der Waals surface area contributed by atoms with E-state index in [0.717, 1.165) is 16.8 Å². The van der Waals surface area contributed by atoms with Crippen molar-refractivity contribution in [2.75, 3.05) is 12.4 Å². The van der Waals surface area contributed by atoms with Gasteiger partial charge in [-0.3, -0.25) is 0 Å². The number of nitrogens with zero attached hydrogens (tertiary/aromatic N) is 4. The summed E-state index contributed by atoms with van der Waals surface area (Å²) in [6.07, 6.45) is 3.66. The molecule has 0 saturated carbocycles. The van der Waals surface area contributed by atoms with Gasteiger partial charge in [-0.2, -0.15) is 4.98 Å². The fourth-order valence-electron chi connectivity index (χ4n) is 1.93. The van der Waals surface area contributed by atoms with E-state index >= 15 is 0 Å². The normalized spacial score (nSPS) is 10.7. The molecule has 6 nitrogen and oxygen atoms in total. The lowest BCUT2D eigenvalue weighted by molar-refractivity contribution is 0.397. The Morgan fingerprint density at radius 3 is 2.90 bits per heavy atom. The molecule has 1 N–H and O–H groups in total. The molecule has 20 heavy (non-hydrogen) atoms. The number of aryl methyl sites for hydroxylation is 1. The molecule has 0 atom stereocenters. The molecule has 0 amide bonds. The van der Waals surface area contributed by atoms with Gasteiger partial charge in [0.05, 0.1) is 7.11 Å². The lowest BCUT2D eigenvalue weighted by Gasteiger charge is -2.02. The van der Waals surface area contributed by atoms with Crippen LogP contribution in [-0.2, 0) is 6.54 Å². The molecule has 0 spiro atoms. The Balaban J connectivity index is 1.74. The van der Waals surface area contributed by atoms with Crippen molar-refractivity contribution in [1.82, 2.24) is 19.6 Å². The van der Waals surface area contributed by atoms with Crippen molar-refractivity contribution in [3.05, 3.63) is 47.8 Å². The molecular weight excluding hydrogens is 254 g/mol. The van der Waals surface area contributed by atoms with E-state index in [4.69, 9.17) is 4.74 Å². The summed E-state index contributed by atoms with van der Waals surface area (Å²) < 4.78 is 6.79. The molecule has 0 aliphatic carbocycles. The quantitative estimate of drug-likeness (QED) is 0.785. The Labute approximate surface area is 116 Å². The largest absolute Gasteiger partial charge is 0.481 e. The average Bonchev–Trinajstić information content (AvgIpc) is 2.90. The van der Waals surface area contributed by atoms with Crippen molar-refractivity contribution in [3.63, 3.8) is 0 Å². The van der Waals surface area contributed by atoms with Gasteiger partial charge in [0.25, 0.3) is 0 Å². The van der Waals surface area contributed by atoms with Gasteiger partial charge in [-0.05, 0) is 24.1 Å². The van der Waals surface area contributed by atoms with E-state index in [0.29, 0.717) is 18.4 Å². The van der Waals surface area contributed by atoms with Crippen molar-refractivity contribution >= 4 is 11.6 Å². The second kappa shape index (κ2) is 5.16. The Bertz CT molecular complexity index is 720. The van der Waals surface area contributed by atoms with E-state index in [1.807, 2.05) is 37.4 Å². The van der Waals surface area contributed by atoms with Gasteiger partial charge in [-0.15, -0.1) is 5.10 Å². The predicted octanol–water partition coefficient (Wildman–Crippen LogP) is 2.05. The molecule has 3 aromatic rings. The van der Waals surface area contributed by atoms with Crippen LogP contribution in [-0.4, -0.2) is 26.7 Å². The number of fused-ring (bicyclic) bond motifs is 1. The maximum absolute atomic E-state index is 5.03. The molecule has 6 heteroatoms. The number of hydrogen-bond donors (Lipinski definition) is 1. The highest BCUT2D eigenvalue weighted by molar-refractivity contribution is 5.49. The van der Waals surface area contributed by atoms with E-state index in [-0.39, 0.29) is 0 Å². The van der Waals surface area contributed by atoms with E-state index in [1.165, 1.54) is 0 Å². The summed E-state index contributed by atoms with van der Waals surface area (Å²) in [5.41, 5.74) is 3.00. The molecular formula is C14H15N5O. The zero-order chi connectivity index (χ0) is 13.9. The van der Waals surface area contributed by atoms with Crippen molar-refractivity contribution in [3.8, 4) is 5.88 Å². The number of nitrogens with one attached hydrogen (secondary N) is 1. The Hall–Kier alpha value is -2.63. The van der Waals surface area contributed by atoms with Crippen molar-refractivity contribution in [2.45, 2.75) is 13.5 Å². The lowest BCUT2D eigenvalue weighted by Crippen LogP contribution is -2.02.